The third kappa shape index (κ3) is 4.47. The number of ketones is 2. The Morgan fingerprint density at radius 1 is 1.15 bits per heavy atom. The van der Waals surface area contributed by atoms with Crippen LogP contribution in [0.4, 0.5) is 0 Å². The highest BCUT2D eigenvalue weighted by molar-refractivity contribution is 6.74. The van der Waals surface area contributed by atoms with Gasteiger partial charge in [-0.15, -0.1) is 0 Å². The second-order valence-electron chi connectivity index (χ2n) is 12.2. The quantitative estimate of drug-likeness (QED) is 0.235. The number of carbonyl (C=O) groups excluding carboxylic acids is 3. The van der Waals surface area contributed by atoms with E-state index in [0.29, 0.717) is 0 Å². The highest BCUT2D eigenvalue weighted by Gasteiger charge is 2.67. The number of hydrogen-bond donors (Lipinski definition) is 0. The summed E-state index contributed by atoms with van der Waals surface area (Å²) in [5.74, 6) is -5.16. The lowest BCUT2D eigenvalue weighted by atomic mass is 9.74. The van der Waals surface area contributed by atoms with E-state index in [1.54, 1.807) is 27.7 Å². The SMILES string of the molecule is C=C(C)[C@H]1[C@@H]2OC(C)(C)O[C@@H]2C(=O)[C@@H]1[C@H]1[C@H](C(=O)OCC)C(=O)[C@H](C)[C@H]1O[Si](C)(C)C(C)(C)C. The largest absolute Gasteiger partial charge is 0.465 e. The molecule has 1 aliphatic heterocycles. The van der Waals surface area contributed by atoms with Crippen molar-refractivity contribution < 1.29 is 33.0 Å². The molecule has 0 spiro atoms. The van der Waals surface area contributed by atoms with Gasteiger partial charge in [0.05, 0.1) is 12.7 Å². The zero-order valence-electron chi connectivity index (χ0n) is 22.4. The molecule has 2 aliphatic carbocycles. The van der Waals surface area contributed by atoms with Crippen LogP contribution >= 0.6 is 0 Å². The van der Waals surface area contributed by atoms with Gasteiger partial charge in [0.1, 0.15) is 18.1 Å². The van der Waals surface area contributed by atoms with Crippen molar-refractivity contribution in [1.82, 2.24) is 0 Å². The Morgan fingerprint density at radius 3 is 2.24 bits per heavy atom. The molecule has 7 nitrogen and oxygen atoms in total. The van der Waals surface area contributed by atoms with E-state index in [9.17, 15) is 14.4 Å². The number of fused-ring (bicyclic) bond motifs is 1. The van der Waals surface area contributed by atoms with Crippen molar-refractivity contribution in [1.29, 1.82) is 0 Å². The van der Waals surface area contributed by atoms with Crippen molar-refractivity contribution >= 4 is 25.9 Å². The van der Waals surface area contributed by atoms with Crippen LogP contribution in [0.15, 0.2) is 12.2 Å². The topological polar surface area (TPSA) is 88.1 Å². The van der Waals surface area contributed by atoms with E-state index in [-0.39, 0.29) is 29.1 Å². The maximum absolute atomic E-state index is 13.9. The van der Waals surface area contributed by atoms with Crippen molar-refractivity contribution in [2.45, 2.75) is 97.6 Å². The Bertz CT molecular complexity index is 871. The molecule has 0 unspecified atom stereocenters. The maximum Gasteiger partial charge on any atom is 0.316 e. The molecule has 0 radical (unpaired) electrons. The highest BCUT2D eigenvalue weighted by Crippen LogP contribution is 2.54. The van der Waals surface area contributed by atoms with E-state index in [4.69, 9.17) is 18.6 Å². The summed E-state index contributed by atoms with van der Waals surface area (Å²) in [6.45, 7) is 23.9. The summed E-state index contributed by atoms with van der Waals surface area (Å²) in [6.07, 6.45) is -1.85. The molecule has 0 bridgehead atoms. The number of esters is 1. The second kappa shape index (κ2) is 8.94. The van der Waals surface area contributed by atoms with Crippen LogP contribution in [0.1, 0.15) is 55.4 Å². The molecule has 1 saturated heterocycles. The summed E-state index contributed by atoms with van der Waals surface area (Å²) >= 11 is 0. The Kier molecular flexibility index (Phi) is 7.17. The van der Waals surface area contributed by atoms with Crippen LogP contribution < -0.4 is 0 Å². The van der Waals surface area contributed by atoms with Crippen LogP contribution in [-0.4, -0.2) is 56.6 Å². The summed E-state index contributed by atoms with van der Waals surface area (Å²) in [6, 6.07) is 0. The highest BCUT2D eigenvalue weighted by atomic mass is 28.4. The predicted octanol–water partition coefficient (Wildman–Crippen LogP) is 4.30. The molecular weight excluding hydrogens is 452 g/mol. The Balaban J connectivity index is 2.12. The lowest BCUT2D eigenvalue weighted by Gasteiger charge is -2.42. The van der Waals surface area contributed by atoms with Gasteiger partial charge in [0, 0.05) is 23.7 Å². The Morgan fingerprint density at radius 2 is 1.74 bits per heavy atom. The van der Waals surface area contributed by atoms with Gasteiger partial charge in [-0.05, 0) is 45.8 Å². The fraction of sp³-hybridized carbons (Fsp3) is 0.808. The molecule has 8 atom stereocenters. The summed E-state index contributed by atoms with van der Waals surface area (Å²) in [5.41, 5.74) is 0.771. The number of Topliss-reactive ketones (excluding diaryl/α,β-unsaturated/α-hetero) is 2. The number of carbonyl (C=O) groups is 3. The number of rotatable bonds is 6. The second-order valence-corrected chi connectivity index (χ2v) is 16.9. The fourth-order valence-electron chi connectivity index (χ4n) is 5.63. The van der Waals surface area contributed by atoms with Gasteiger partial charge in [0.15, 0.2) is 25.7 Å². The van der Waals surface area contributed by atoms with E-state index in [2.05, 4.69) is 40.4 Å². The first-order valence-electron chi connectivity index (χ1n) is 12.4. The van der Waals surface area contributed by atoms with Gasteiger partial charge in [-0.2, -0.15) is 0 Å². The molecule has 3 fully saturated rings. The monoisotopic (exact) mass is 494 g/mol. The molecule has 0 aromatic carbocycles. The Hall–Kier alpha value is -1.35. The first-order chi connectivity index (χ1) is 15.4. The minimum atomic E-state index is -2.34. The molecule has 0 N–H and O–H groups in total. The van der Waals surface area contributed by atoms with Crippen molar-refractivity contribution in [2.24, 2.45) is 29.6 Å². The molecule has 2 saturated carbocycles. The minimum absolute atomic E-state index is 0.109. The van der Waals surface area contributed by atoms with Crippen molar-refractivity contribution in [3.63, 3.8) is 0 Å². The van der Waals surface area contributed by atoms with E-state index in [1.807, 2.05) is 6.92 Å². The average molecular weight is 495 g/mol. The van der Waals surface area contributed by atoms with Gasteiger partial charge in [0.2, 0.25) is 0 Å². The summed E-state index contributed by atoms with van der Waals surface area (Å²) in [7, 11) is -2.34. The summed E-state index contributed by atoms with van der Waals surface area (Å²) in [4.78, 5) is 40.5. The molecule has 0 amide bonds. The molecule has 1 heterocycles. The molecule has 8 heteroatoms. The molecule has 0 aromatic heterocycles. The van der Waals surface area contributed by atoms with E-state index < -0.39 is 62.1 Å². The molecule has 3 rings (SSSR count). The van der Waals surface area contributed by atoms with E-state index in [1.165, 1.54) is 0 Å². The minimum Gasteiger partial charge on any atom is -0.465 e. The van der Waals surface area contributed by atoms with Crippen molar-refractivity contribution in [3.8, 4) is 0 Å². The smallest absolute Gasteiger partial charge is 0.316 e. The zero-order valence-corrected chi connectivity index (χ0v) is 23.4. The number of ether oxygens (including phenoxy) is 3. The maximum atomic E-state index is 13.9. The zero-order chi connectivity index (χ0) is 26.0. The van der Waals surface area contributed by atoms with Crippen LogP contribution in [0.25, 0.3) is 0 Å². The van der Waals surface area contributed by atoms with E-state index >= 15 is 0 Å². The van der Waals surface area contributed by atoms with Crippen LogP contribution in [0.2, 0.25) is 18.1 Å². The Labute approximate surface area is 205 Å². The van der Waals surface area contributed by atoms with Gasteiger partial charge in [-0.3, -0.25) is 14.4 Å². The first kappa shape index (κ1) is 27.2. The summed E-state index contributed by atoms with van der Waals surface area (Å²) < 4.78 is 24.3. The lowest BCUT2D eigenvalue weighted by Crippen LogP contribution is -2.49. The van der Waals surface area contributed by atoms with Gasteiger partial charge in [0.25, 0.3) is 0 Å². The normalized spacial score (nSPS) is 37.7. The van der Waals surface area contributed by atoms with Gasteiger partial charge in [-0.25, -0.2) is 0 Å². The van der Waals surface area contributed by atoms with E-state index in [0.717, 1.165) is 5.57 Å². The predicted molar refractivity (Wildman–Crippen MR) is 130 cm³/mol. The molecule has 34 heavy (non-hydrogen) atoms. The van der Waals surface area contributed by atoms with Crippen LogP contribution in [0.5, 0.6) is 0 Å². The molecule has 192 valence electrons. The van der Waals surface area contributed by atoms with Crippen molar-refractivity contribution in [3.05, 3.63) is 12.2 Å². The van der Waals surface area contributed by atoms with Crippen LogP contribution in [-0.2, 0) is 33.0 Å². The molecule has 0 aromatic rings. The third-order valence-corrected chi connectivity index (χ3v) is 12.7. The van der Waals surface area contributed by atoms with Crippen LogP contribution in [0.3, 0.4) is 0 Å². The molecule has 3 aliphatic rings. The third-order valence-electron chi connectivity index (χ3n) is 8.25. The van der Waals surface area contributed by atoms with Gasteiger partial charge in [-0.1, -0.05) is 39.8 Å². The standard InChI is InChI=1S/C26H42O7Si/c1-12-30-24(29)18-17(21(14(4)19(18)27)33-34(10,11)25(5,6)7)16-15(13(2)3)22-23(20(16)28)32-26(8,9)31-22/h14-18,21-23H,2,12H2,1,3-11H3/t14-,15+,16-,17-,18-,21+,22-,23+/m0/s1. The first-order valence-corrected chi connectivity index (χ1v) is 15.3. The van der Waals surface area contributed by atoms with Crippen LogP contribution in [0, 0.1) is 29.6 Å². The van der Waals surface area contributed by atoms with Gasteiger partial charge < -0.3 is 18.6 Å². The fourth-order valence-corrected chi connectivity index (χ4v) is 7.03. The average Bonchev–Trinajstić information content (AvgIpc) is 3.21. The summed E-state index contributed by atoms with van der Waals surface area (Å²) in [5, 5.41) is -0.109. The number of hydrogen-bond acceptors (Lipinski definition) is 7. The van der Waals surface area contributed by atoms with Gasteiger partial charge >= 0.3 is 5.97 Å². The van der Waals surface area contributed by atoms with Crippen molar-refractivity contribution in [2.75, 3.05) is 6.61 Å². The lowest BCUT2D eigenvalue weighted by molar-refractivity contribution is -0.171. The molecular formula is C26H42O7Si.